The van der Waals surface area contributed by atoms with Crippen LogP contribution in [0.4, 0.5) is 0 Å². The Kier molecular flexibility index (Phi) is 4.09. The molecule has 0 aliphatic rings. The fraction of sp³-hybridized carbons (Fsp3) is 0. The summed E-state index contributed by atoms with van der Waals surface area (Å²) in [6, 6.07) is 26.7. The highest BCUT2D eigenvalue weighted by molar-refractivity contribution is 8.00. The third kappa shape index (κ3) is 3.14. The predicted octanol–water partition coefficient (Wildman–Crippen LogP) is 6.13. The molecule has 0 radical (unpaired) electrons. The monoisotopic (exact) mass is 335 g/mol. The molecule has 2 nitrogen and oxygen atoms in total. The Morgan fingerprint density at radius 3 is 2.00 bits per heavy atom. The molecule has 4 rings (SSSR count). The van der Waals surface area contributed by atoms with Crippen molar-refractivity contribution < 1.29 is 4.52 Å². The summed E-state index contributed by atoms with van der Waals surface area (Å²) in [4.78, 5) is 3.52. The maximum atomic E-state index is 5.52. The van der Waals surface area contributed by atoms with Crippen LogP contribution in [-0.4, -0.2) is 5.16 Å². The van der Waals surface area contributed by atoms with E-state index in [0.717, 1.165) is 25.8 Å². The highest BCUT2D eigenvalue weighted by Gasteiger charge is 2.14. The minimum Gasteiger partial charge on any atom is -0.355 e. The fourth-order valence-electron chi connectivity index (χ4n) is 2.30. The van der Waals surface area contributed by atoms with Crippen LogP contribution in [0.15, 0.2) is 103 Å². The molecular formula is C19H13NOS2. The fourth-order valence-corrected chi connectivity index (χ4v) is 4.27. The summed E-state index contributed by atoms with van der Waals surface area (Å²) in [7, 11) is 0. The van der Waals surface area contributed by atoms with Crippen LogP contribution in [0.2, 0.25) is 0 Å². The standard InChI is InChI=1S/C19H13NOS2/c1-3-8-14(9-4-1)22-17-13-7-12-16-18(17)19(20-21-16)23-15-10-5-2-6-11-15/h1-13H. The van der Waals surface area contributed by atoms with Crippen molar-refractivity contribution >= 4 is 34.5 Å². The van der Waals surface area contributed by atoms with E-state index in [4.69, 9.17) is 4.52 Å². The Balaban J connectivity index is 1.75. The Morgan fingerprint density at radius 1 is 0.652 bits per heavy atom. The van der Waals surface area contributed by atoms with Crippen molar-refractivity contribution in [3.05, 3.63) is 78.9 Å². The van der Waals surface area contributed by atoms with Gasteiger partial charge in [-0.1, -0.05) is 71.1 Å². The molecule has 0 N–H and O–H groups in total. The van der Waals surface area contributed by atoms with Crippen LogP contribution in [-0.2, 0) is 0 Å². The first-order valence-corrected chi connectivity index (χ1v) is 8.88. The normalized spacial score (nSPS) is 11.0. The van der Waals surface area contributed by atoms with Gasteiger partial charge in [0.05, 0.1) is 5.39 Å². The molecule has 4 heteroatoms. The maximum Gasteiger partial charge on any atom is 0.169 e. The van der Waals surface area contributed by atoms with Crippen LogP contribution in [0.5, 0.6) is 0 Å². The third-order valence-corrected chi connectivity index (χ3v) is 5.41. The first-order valence-electron chi connectivity index (χ1n) is 7.24. The molecule has 1 aromatic heterocycles. The average molecular weight is 335 g/mol. The van der Waals surface area contributed by atoms with Crippen molar-refractivity contribution in [3.63, 3.8) is 0 Å². The molecule has 1 heterocycles. The number of aromatic nitrogens is 1. The van der Waals surface area contributed by atoms with E-state index >= 15 is 0 Å². The average Bonchev–Trinajstić information content (AvgIpc) is 3.01. The summed E-state index contributed by atoms with van der Waals surface area (Å²) in [5.41, 5.74) is 0.823. The molecule has 0 saturated heterocycles. The summed E-state index contributed by atoms with van der Waals surface area (Å²) >= 11 is 3.36. The molecule has 0 atom stereocenters. The van der Waals surface area contributed by atoms with Gasteiger partial charge in [-0.3, -0.25) is 0 Å². The highest BCUT2D eigenvalue weighted by Crippen LogP contribution is 2.40. The van der Waals surface area contributed by atoms with Gasteiger partial charge in [0.15, 0.2) is 10.6 Å². The number of hydrogen-bond acceptors (Lipinski definition) is 4. The van der Waals surface area contributed by atoms with Crippen molar-refractivity contribution in [2.75, 3.05) is 0 Å². The zero-order valence-corrected chi connectivity index (χ0v) is 13.8. The van der Waals surface area contributed by atoms with Crippen LogP contribution in [0.25, 0.3) is 11.0 Å². The Hall–Kier alpha value is -2.17. The Morgan fingerprint density at radius 2 is 1.30 bits per heavy atom. The summed E-state index contributed by atoms with van der Waals surface area (Å²) in [6.45, 7) is 0. The van der Waals surface area contributed by atoms with Crippen molar-refractivity contribution in [2.45, 2.75) is 19.7 Å². The summed E-state index contributed by atoms with van der Waals surface area (Å²) in [5, 5.41) is 6.25. The van der Waals surface area contributed by atoms with Gasteiger partial charge in [-0.25, -0.2) is 0 Å². The molecule has 0 bridgehead atoms. The molecule has 0 aliphatic carbocycles. The summed E-state index contributed by atoms with van der Waals surface area (Å²) < 4.78 is 5.52. The van der Waals surface area contributed by atoms with E-state index in [-0.39, 0.29) is 0 Å². The van der Waals surface area contributed by atoms with Crippen molar-refractivity contribution in [1.82, 2.24) is 5.16 Å². The molecule has 0 amide bonds. The molecule has 3 aromatic carbocycles. The van der Waals surface area contributed by atoms with Crippen molar-refractivity contribution in [2.24, 2.45) is 0 Å². The van der Waals surface area contributed by atoms with E-state index in [2.05, 4.69) is 47.6 Å². The number of rotatable bonds is 4. The molecule has 4 aromatic rings. The van der Waals surface area contributed by atoms with E-state index < -0.39 is 0 Å². The van der Waals surface area contributed by atoms with E-state index in [1.165, 1.54) is 4.90 Å². The van der Waals surface area contributed by atoms with Gasteiger partial charge in [0.25, 0.3) is 0 Å². The van der Waals surface area contributed by atoms with Gasteiger partial charge in [-0.15, -0.1) is 0 Å². The zero-order chi connectivity index (χ0) is 15.5. The number of fused-ring (bicyclic) bond motifs is 1. The SMILES string of the molecule is c1ccc(Sc2cccc3onc(Sc4ccccc4)c23)cc1. The lowest BCUT2D eigenvalue weighted by molar-refractivity contribution is 0.437. The van der Waals surface area contributed by atoms with Crippen LogP contribution >= 0.6 is 23.5 Å². The second-order valence-corrected chi connectivity index (χ2v) is 7.12. The van der Waals surface area contributed by atoms with Gasteiger partial charge in [-0.05, 0) is 36.4 Å². The first-order chi connectivity index (χ1) is 11.4. The molecule has 0 fully saturated rings. The van der Waals surface area contributed by atoms with E-state index in [1.807, 2.05) is 36.4 Å². The smallest absolute Gasteiger partial charge is 0.169 e. The lowest BCUT2D eigenvalue weighted by Crippen LogP contribution is -1.78. The number of benzene rings is 3. The third-order valence-electron chi connectivity index (χ3n) is 3.36. The van der Waals surface area contributed by atoms with Crippen LogP contribution in [0, 0.1) is 0 Å². The predicted molar refractivity (Wildman–Crippen MR) is 95.1 cm³/mol. The molecule has 0 spiro atoms. The van der Waals surface area contributed by atoms with Crippen molar-refractivity contribution in [3.8, 4) is 0 Å². The molecule has 112 valence electrons. The first kappa shape index (κ1) is 14.4. The van der Waals surface area contributed by atoms with Crippen LogP contribution in [0.3, 0.4) is 0 Å². The molecule has 0 aliphatic heterocycles. The van der Waals surface area contributed by atoms with E-state index in [0.29, 0.717) is 0 Å². The minimum atomic E-state index is 0.823. The lowest BCUT2D eigenvalue weighted by atomic mass is 10.3. The molecule has 23 heavy (non-hydrogen) atoms. The number of nitrogens with zero attached hydrogens (tertiary/aromatic N) is 1. The Bertz CT molecular complexity index is 920. The topological polar surface area (TPSA) is 26.0 Å². The molecule has 0 unspecified atom stereocenters. The largest absolute Gasteiger partial charge is 0.355 e. The van der Waals surface area contributed by atoms with Gasteiger partial charge in [0.1, 0.15) is 0 Å². The maximum absolute atomic E-state index is 5.52. The zero-order valence-electron chi connectivity index (χ0n) is 12.2. The van der Waals surface area contributed by atoms with Crippen LogP contribution in [0.1, 0.15) is 0 Å². The second kappa shape index (κ2) is 6.52. The second-order valence-electron chi connectivity index (χ2n) is 4.95. The molecular weight excluding hydrogens is 322 g/mol. The molecule has 0 saturated carbocycles. The van der Waals surface area contributed by atoms with Crippen LogP contribution < -0.4 is 0 Å². The van der Waals surface area contributed by atoms with Crippen molar-refractivity contribution in [1.29, 1.82) is 0 Å². The summed E-state index contributed by atoms with van der Waals surface area (Å²) in [5.74, 6) is 0. The van der Waals surface area contributed by atoms with E-state index in [9.17, 15) is 0 Å². The quantitative estimate of drug-likeness (QED) is 0.448. The lowest BCUT2D eigenvalue weighted by Gasteiger charge is -2.04. The van der Waals surface area contributed by atoms with Gasteiger partial charge >= 0.3 is 0 Å². The van der Waals surface area contributed by atoms with E-state index in [1.54, 1.807) is 23.5 Å². The van der Waals surface area contributed by atoms with Gasteiger partial charge < -0.3 is 4.52 Å². The minimum absolute atomic E-state index is 0.823. The summed E-state index contributed by atoms with van der Waals surface area (Å²) in [6.07, 6.45) is 0. The number of hydrogen-bond donors (Lipinski definition) is 0. The van der Waals surface area contributed by atoms with Gasteiger partial charge in [0, 0.05) is 14.7 Å². The highest BCUT2D eigenvalue weighted by atomic mass is 32.2. The Labute approximate surface area is 142 Å². The van der Waals surface area contributed by atoms with Gasteiger partial charge in [0.2, 0.25) is 0 Å². The van der Waals surface area contributed by atoms with Gasteiger partial charge in [-0.2, -0.15) is 0 Å².